The predicted molar refractivity (Wildman–Crippen MR) is 54.7 cm³/mol. The molecule has 12 heavy (non-hydrogen) atoms. The third kappa shape index (κ3) is 2.11. The molecule has 2 N–H and O–H groups in total. The van der Waals surface area contributed by atoms with Gasteiger partial charge in [0, 0.05) is 18.1 Å². The zero-order chi connectivity index (χ0) is 8.27. The van der Waals surface area contributed by atoms with Crippen LogP contribution in [0, 0.1) is 0 Å². The van der Waals surface area contributed by atoms with Crippen LogP contribution in [0.4, 0.5) is 5.69 Å². The highest BCUT2D eigenvalue weighted by molar-refractivity contribution is 5.85. The van der Waals surface area contributed by atoms with Crippen molar-refractivity contribution >= 4 is 18.1 Å². The quantitative estimate of drug-likeness (QED) is 0.769. The Morgan fingerprint density at radius 3 is 1.92 bits per heavy atom. The number of nitrogens with two attached hydrogens (primary N) is 1. The van der Waals surface area contributed by atoms with Crippen LogP contribution in [-0.4, -0.2) is 4.98 Å². The number of hydrogen-bond donors (Lipinski definition) is 1. The molecule has 0 saturated heterocycles. The minimum Gasteiger partial charge on any atom is -0.398 e. The van der Waals surface area contributed by atoms with Gasteiger partial charge in [0.05, 0.1) is 0 Å². The van der Waals surface area contributed by atoms with E-state index in [1.807, 2.05) is 12.4 Å². The molecule has 0 atom stereocenters. The normalized spacial score (nSPS) is 9.17. The van der Waals surface area contributed by atoms with Crippen LogP contribution in [0.5, 0.6) is 0 Å². The Balaban J connectivity index is 0.00000121. The number of pyridine rings is 1. The average molecular weight is 187 g/mol. The molecular formula is C9H15ClN2. The second-order valence-corrected chi connectivity index (χ2v) is 2.58. The van der Waals surface area contributed by atoms with Gasteiger partial charge in [0.2, 0.25) is 0 Å². The van der Waals surface area contributed by atoms with Crippen molar-refractivity contribution in [2.75, 3.05) is 5.73 Å². The van der Waals surface area contributed by atoms with Crippen molar-refractivity contribution in [2.24, 2.45) is 0 Å². The van der Waals surface area contributed by atoms with E-state index < -0.39 is 0 Å². The fourth-order valence-electron chi connectivity index (χ4n) is 1.13. The molecule has 0 saturated carbocycles. The summed E-state index contributed by atoms with van der Waals surface area (Å²) >= 11 is 0. The molecule has 0 bridgehead atoms. The summed E-state index contributed by atoms with van der Waals surface area (Å²) in [5.41, 5.74) is 9.10. The number of nitrogens with zero attached hydrogens (tertiary/aromatic N) is 1. The Bertz CT molecular complexity index is 226. The summed E-state index contributed by atoms with van der Waals surface area (Å²) in [4.78, 5) is 4.11. The summed E-state index contributed by atoms with van der Waals surface area (Å²) in [6.45, 7) is 4.18. The fourth-order valence-corrected chi connectivity index (χ4v) is 1.13. The molecule has 1 rings (SSSR count). The van der Waals surface area contributed by atoms with E-state index in [0.717, 1.165) is 29.7 Å². The summed E-state index contributed by atoms with van der Waals surface area (Å²) in [7, 11) is 0. The lowest BCUT2D eigenvalue weighted by Crippen LogP contribution is -1.99. The molecule has 1 aromatic heterocycles. The van der Waals surface area contributed by atoms with Crippen LogP contribution in [0.25, 0.3) is 0 Å². The number of aromatic nitrogens is 1. The number of hydrogen-bond acceptors (Lipinski definition) is 2. The summed E-state index contributed by atoms with van der Waals surface area (Å²) < 4.78 is 0. The van der Waals surface area contributed by atoms with Crippen LogP contribution < -0.4 is 5.73 Å². The summed E-state index contributed by atoms with van der Waals surface area (Å²) in [6.07, 6.45) is 5.61. The number of nitrogen functional groups attached to an aromatic ring is 1. The van der Waals surface area contributed by atoms with Crippen LogP contribution in [0.15, 0.2) is 12.4 Å². The fraction of sp³-hybridized carbons (Fsp3) is 0.444. The molecule has 0 aromatic carbocycles. The minimum atomic E-state index is 0. The van der Waals surface area contributed by atoms with Crippen molar-refractivity contribution in [1.82, 2.24) is 4.98 Å². The van der Waals surface area contributed by atoms with E-state index in [1.54, 1.807) is 0 Å². The first-order chi connectivity index (χ1) is 5.29. The smallest absolute Gasteiger partial charge is 0.0409 e. The molecule has 0 unspecified atom stereocenters. The topological polar surface area (TPSA) is 38.9 Å². The molecule has 3 heteroatoms. The maximum absolute atomic E-state index is 5.86. The number of anilines is 1. The zero-order valence-corrected chi connectivity index (χ0v) is 8.32. The molecule has 1 aromatic rings. The van der Waals surface area contributed by atoms with Crippen molar-refractivity contribution < 1.29 is 0 Å². The highest BCUT2D eigenvalue weighted by Gasteiger charge is 2.00. The minimum absolute atomic E-state index is 0. The Morgan fingerprint density at radius 1 is 1.17 bits per heavy atom. The summed E-state index contributed by atoms with van der Waals surface area (Å²) in [5, 5.41) is 0. The Labute approximate surface area is 79.6 Å². The summed E-state index contributed by atoms with van der Waals surface area (Å²) in [5.74, 6) is 0. The average Bonchev–Trinajstić information content (AvgIpc) is 2.05. The molecule has 0 amide bonds. The van der Waals surface area contributed by atoms with Gasteiger partial charge in [0.1, 0.15) is 0 Å². The summed E-state index contributed by atoms with van der Waals surface area (Å²) in [6, 6.07) is 0. The van der Waals surface area contributed by atoms with Gasteiger partial charge in [-0.1, -0.05) is 13.8 Å². The molecule has 0 spiro atoms. The molecule has 0 aliphatic heterocycles. The predicted octanol–water partition coefficient (Wildman–Crippen LogP) is 2.21. The van der Waals surface area contributed by atoms with E-state index in [4.69, 9.17) is 5.73 Å². The van der Waals surface area contributed by atoms with Crippen LogP contribution in [0.3, 0.4) is 0 Å². The van der Waals surface area contributed by atoms with Crippen LogP contribution in [-0.2, 0) is 12.8 Å². The van der Waals surface area contributed by atoms with Crippen molar-refractivity contribution in [3.05, 3.63) is 23.5 Å². The number of rotatable bonds is 2. The first-order valence-electron chi connectivity index (χ1n) is 4.00. The van der Waals surface area contributed by atoms with Gasteiger partial charge < -0.3 is 5.73 Å². The van der Waals surface area contributed by atoms with E-state index >= 15 is 0 Å². The second kappa shape index (κ2) is 4.99. The molecular weight excluding hydrogens is 172 g/mol. The monoisotopic (exact) mass is 186 g/mol. The number of halogens is 1. The Hall–Kier alpha value is -0.760. The molecule has 0 radical (unpaired) electrons. The maximum atomic E-state index is 5.86. The van der Waals surface area contributed by atoms with Crippen molar-refractivity contribution in [1.29, 1.82) is 0 Å². The van der Waals surface area contributed by atoms with Gasteiger partial charge in [-0.3, -0.25) is 4.98 Å². The SMILES string of the molecule is CCc1cncc(CC)c1N.Cl. The van der Waals surface area contributed by atoms with E-state index in [9.17, 15) is 0 Å². The van der Waals surface area contributed by atoms with Crippen molar-refractivity contribution in [2.45, 2.75) is 26.7 Å². The van der Waals surface area contributed by atoms with Crippen LogP contribution in [0.2, 0.25) is 0 Å². The van der Waals surface area contributed by atoms with E-state index in [0.29, 0.717) is 0 Å². The molecule has 0 aliphatic carbocycles. The van der Waals surface area contributed by atoms with Gasteiger partial charge in [-0.15, -0.1) is 12.4 Å². The first kappa shape index (κ1) is 11.2. The second-order valence-electron chi connectivity index (χ2n) is 2.58. The van der Waals surface area contributed by atoms with Gasteiger partial charge in [-0.2, -0.15) is 0 Å². The lowest BCUT2D eigenvalue weighted by molar-refractivity contribution is 1.05. The third-order valence-electron chi connectivity index (χ3n) is 1.91. The molecule has 1 heterocycles. The van der Waals surface area contributed by atoms with Gasteiger partial charge in [0.25, 0.3) is 0 Å². The molecule has 68 valence electrons. The van der Waals surface area contributed by atoms with Crippen molar-refractivity contribution in [3.8, 4) is 0 Å². The zero-order valence-electron chi connectivity index (χ0n) is 7.50. The maximum Gasteiger partial charge on any atom is 0.0409 e. The van der Waals surface area contributed by atoms with Crippen LogP contribution >= 0.6 is 12.4 Å². The highest BCUT2D eigenvalue weighted by Crippen LogP contribution is 2.16. The molecule has 0 fully saturated rings. The van der Waals surface area contributed by atoms with Crippen LogP contribution in [0.1, 0.15) is 25.0 Å². The van der Waals surface area contributed by atoms with E-state index in [1.165, 1.54) is 0 Å². The molecule has 0 aliphatic rings. The van der Waals surface area contributed by atoms with E-state index in [-0.39, 0.29) is 12.4 Å². The lowest BCUT2D eigenvalue weighted by Gasteiger charge is -2.05. The van der Waals surface area contributed by atoms with Gasteiger partial charge >= 0.3 is 0 Å². The standard InChI is InChI=1S/C9H14N2.ClH/c1-3-7-5-11-6-8(4-2)9(7)10;/h5-6H,3-4H2,1-2H3,(H2,10,11);1H. The lowest BCUT2D eigenvalue weighted by atomic mass is 10.1. The number of aryl methyl sites for hydroxylation is 2. The first-order valence-corrected chi connectivity index (χ1v) is 4.00. The Kier molecular flexibility index (Phi) is 4.67. The van der Waals surface area contributed by atoms with Gasteiger partial charge in [-0.25, -0.2) is 0 Å². The third-order valence-corrected chi connectivity index (χ3v) is 1.91. The van der Waals surface area contributed by atoms with E-state index in [2.05, 4.69) is 18.8 Å². The van der Waals surface area contributed by atoms with Gasteiger partial charge in [0.15, 0.2) is 0 Å². The largest absolute Gasteiger partial charge is 0.398 e. The highest BCUT2D eigenvalue weighted by atomic mass is 35.5. The Morgan fingerprint density at radius 2 is 1.58 bits per heavy atom. The van der Waals surface area contributed by atoms with Crippen molar-refractivity contribution in [3.63, 3.8) is 0 Å². The molecule has 2 nitrogen and oxygen atoms in total. The van der Waals surface area contributed by atoms with Gasteiger partial charge in [-0.05, 0) is 24.0 Å².